The second kappa shape index (κ2) is 7.89. The van der Waals surface area contributed by atoms with Crippen molar-refractivity contribution in [1.82, 2.24) is 15.0 Å². The lowest BCUT2D eigenvalue weighted by atomic mass is 10.2. The van der Waals surface area contributed by atoms with Crippen LogP contribution < -0.4 is 4.90 Å². The first kappa shape index (κ1) is 18.3. The van der Waals surface area contributed by atoms with E-state index in [9.17, 15) is 10.1 Å². The van der Waals surface area contributed by atoms with E-state index >= 15 is 0 Å². The molecule has 0 aliphatic carbocycles. The van der Waals surface area contributed by atoms with Crippen molar-refractivity contribution in [3.8, 4) is 0 Å². The maximum absolute atomic E-state index is 11.1. The van der Waals surface area contributed by atoms with Gasteiger partial charge in [-0.1, -0.05) is 41.6 Å². The third-order valence-corrected chi connectivity index (χ3v) is 4.47. The quantitative estimate of drug-likeness (QED) is 0.223. The molecular weight excluding hydrogens is 368 g/mol. The lowest BCUT2D eigenvalue weighted by Crippen LogP contribution is -2.30. The van der Waals surface area contributed by atoms with Crippen molar-refractivity contribution in [2.45, 2.75) is 0 Å². The lowest BCUT2D eigenvalue weighted by Gasteiger charge is -2.20. The fraction of sp³-hybridized carbons (Fsp3) is 0.0952. The molecule has 0 N–H and O–H groups in total. The molecule has 0 saturated carbocycles. The maximum atomic E-state index is 11.1. The normalized spacial score (nSPS) is 11.6. The summed E-state index contributed by atoms with van der Waals surface area (Å²) in [6.07, 6.45) is 0. The molecule has 8 heteroatoms. The van der Waals surface area contributed by atoms with Crippen molar-refractivity contribution >= 4 is 33.9 Å². The number of aromatic nitrogens is 3. The molecular formula is C21H18N6O2. The number of likely N-dealkylation sites (N-methyl/N-ethyl adjacent to an activating group) is 1. The predicted octanol–water partition coefficient (Wildman–Crippen LogP) is 4.05. The van der Waals surface area contributed by atoms with Crippen LogP contribution >= 0.6 is 0 Å². The summed E-state index contributed by atoms with van der Waals surface area (Å²) in [5, 5.41) is 19.6. The van der Waals surface area contributed by atoms with Gasteiger partial charge in [0, 0.05) is 24.9 Å². The highest BCUT2D eigenvalue weighted by Gasteiger charge is 2.14. The summed E-state index contributed by atoms with van der Waals surface area (Å²) in [6, 6.07) is 23.7. The molecule has 0 saturated heterocycles. The number of nitrogens with zero attached hydrogens (tertiary/aromatic N) is 6. The third kappa shape index (κ3) is 3.96. The Bertz CT molecular complexity index is 1190. The van der Waals surface area contributed by atoms with Crippen molar-refractivity contribution in [2.24, 2.45) is 4.99 Å². The first-order valence-corrected chi connectivity index (χ1v) is 9.01. The van der Waals surface area contributed by atoms with Crippen molar-refractivity contribution in [2.75, 3.05) is 18.5 Å². The third-order valence-electron chi connectivity index (χ3n) is 4.47. The number of fused-ring (bicyclic) bond motifs is 1. The summed E-state index contributed by atoms with van der Waals surface area (Å²) in [7, 11) is 1.96. The Balaban J connectivity index is 1.79. The molecule has 0 radical (unpaired) electrons. The second-order valence-corrected chi connectivity index (χ2v) is 6.49. The zero-order valence-corrected chi connectivity index (χ0v) is 15.7. The summed E-state index contributed by atoms with van der Waals surface area (Å²) in [6.45, 7) is 0.431. The van der Waals surface area contributed by atoms with Gasteiger partial charge in [0.05, 0.1) is 22.7 Å². The molecule has 3 aromatic carbocycles. The number of anilines is 1. The number of aliphatic imine (C=N–C) groups is 1. The van der Waals surface area contributed by atoms with Crippen LogP contribution in [0, 0.1) is 10.1 Å². The van der Waals surface area contributed by atoms with E-state index in [-0.39, 0.29) is 5.69 Å². The van der Waals surface area contributed by atoms with E-state index in [4.69, 9.17) is 4.99 Å². The Morgan fingerprint density at radius 2 is 1.83 bits per heavy atom. The van der Waals surface area contributed by atoms with Crippen LogP contribution in [0.4, 0.5) is 17.1 Å². The molecule has 29 heavy (non-hydrogen) atoms. The molecule has 0 aliphatic rings. The van der Waals surface area contributed by atoms with Crippen LogP contribution in [-0.4, -0.2) is 39.3 Å². The second-order valence-electron chi connectivity index (χ2n) is 6.49. The molecule has 8 nitrogen and oxygen atoms in total. The Hall–Kier alpha value is -4.07. The largest absolute Gasteiger partial charge is 0.367 e. The molecule has 0 spiro atoms. The van der Waals surface area contributed by atoms with Gasteiger partial charge < -0.3 is 4.90 Å². The van der Waals surface area contributed by atoms with Gasteiger partial charge in [0.1, 0.15) is 5.52 Å². The van der Waals surface area contributed by atoms with Crippen LogP contribution in [0.25, 0.3) is 11.0 Å². The zero-order chi connectivity index (χ0) is 20.2. The summed E-state index contributed by atoms with van der Waals surface area (Å²) >= 11 is 0. The average Bonchev–Trinajstić information content (AvgIpc) is 3.18. The van der Waals surface area contributed by atoms with Gasteiger partial charge in [-0.3, -0.25) is 10.1 Å². The summed E-state index contributed by atoms with van der Waals surface area (Å²) in [4.78, 5) is 17.4. The Labute approximate surface area is 166 Å². The minimum atomic E-state index is -0.431. The number of nitro benzene ring substituents is 1. The highest BCUT2D eigenvalue weighted by molar-refractivity contribution is 5.96. The van der Waals surface area contributed by atoms with Crippen LogP contribution in [0.2, 0.25) is 0 Å². The first-order valence-electron chi connectivity index (χ1n) is 9.01. The zero-order valence-electron chi connectivity index (χ0n) is 15.7. The van der Waals surface area contributed by atoms with Crippen LogP contribution in [0.5, 0.6) is 0 Å². The Morgan fingerprint density at radius 1 is 1.07 bits per heavy atom. The molecule has 0 unspecified atom stereocenters. The number of non-ortho nitro benzene ring substituents is 1. The van der Waals surface area contributed by atoms with Gasteiger partial charge in [0.2, 0.25) is 0 Å². The van der Waals surface area contributed by atoms with Gasteiger partial charge in [0.15, 0.2) is 5.84 Å². The minimum Gasteiger partial charge on any atom is -0.367 e. The molecule has 0 aliphatic heterocycles. The average molecular weight is 386 g/mol. The number of hydrogen-bond donors (Lipinski definition) is 0. The summed E-state index contributed by atoms with van der Waals surface area (Å²) < 4.78 is 1.67. The molecule has 1 heterocycles. The topological polar surface area (TPSA) is 89.5 Å². The van der Waals surface area contributed by atoms with Crippen LogP contribution in [-0.2, 0) is 0 Å². The summed E-state index contributed by atoms with van der Waals surface area (Å²) in [5.74, 6) is 0.602. The van der Waals surface area contributed by atoms with E-state index in [1.165, 1.54) is 12.1 Å². The number of nitro groups is 1. The fourth-order valence-corrected chi connectivity index (χ4v) is 3.02. The van der Waals surface area contributed by atoms with E-state index in [1.807, 2.05) is 66.5 Å². The van der Waals surface area contributed by atoms with E-state index in [2.05, 4.69) is 10.3 Å². The molecule has 4 aromatic rings. The van der Waals surface area contributed by atoms with Crippen molar-refractivity contribution in [3.63, 3.8) is 0 Å². The SMILES string of the molecule is CN(CC(=Nc1cccc([N+](=O)[O-])c1)n1nnc2ccccc21)c1ccccc1. The van der Waals surface area contributed by atoms with Crippen molar-refractivity contribution in [3.05, 3.63) is 89.0 Å². The number of benzene rings is 3. The van der Waals surface area contributed by atoms with E-state index in [1.54, 1.807) is 16.8 Å². The highest BCUT2D eigenvalue weighted by Crippen LogP contribution is 2.21. The lowest BCUT2D eigenvalue weighted by molar-refractivity contribution is -0.384. The highest BCUT2D eigenvalue weighted by atomic mass is 16.6. The number of para-hydroxylation sites is 2. The monoisotopic (exact) mass is 386 g/mol. The number of rotatable bonds is 5. The van der Waals surface area contributed by atoms with E-state index in [0.29, 0.717) is 18.1 Å². The molecule has 0 atom stereocenters. The maximum Gasteiger partial charge on any atom is 0.271 e. The van der Waals surface area contributed by atoms with Gasteiger partial charge in [-0.05, 0) is 30.3 Å². The van der Waals surface area contributed by atoms with Gasteiger partial charge in [-0.25, -0.2) is 4.99 Å². The van der Waals surface area contributed by atoms with Gasteiger partial charge in [0.25, 0.3) is 5.69 Å². The number of hydrogen-bond acceptors (Lipinski definition) is 6. The first-order chi connectivity index (χ1) is 14.1. The fourth-order valence-electron chi connectivity index (χ4n) is 3.02. The van der Waals surface area contributed by atoms with Crippen LogP contribution in [0.3, 0.4) is 0 Å². The van der Waals surface area contributed by atoms with Crippen LogP contribution in [0.1, 0.15) is 0 Å². The van der Waals surface area contributed by atoms with Crippen LogP contribution in [0.15, 0.2) is 83.9 Å². The molecule has 1 aromatic heterocycles. The summed E-state index contributed by atoms with van der Waals surface area (Å²) in [5.41, 5.74) is 3.06. The molecule has 4 rings (SSSR count). The standard InChI is InChI=1S/C21H18N6O2/c1-25(17-9-3-2-4-10-17)15-21(22-16-8-7-11-18(14-16)27(28)29)26-20-13-6-5-12-19(20)23-24-26/h2-14H,15H2,1H3. The molecule has 0 amide bonds. The van der Waals surface area contributed by atoms with Gasteiger partial charge in [-0.15, -0.1) is 5.10 Å². The minimum absolute atomic E-state index is 0.00883. The Morgan fingerprint density at radius 3 is 2.62 bits per heavy atom. The smallest absolute Gasteiger partial charge is 0.271 e. The molecule has 0 fully saturated rings. The predicted molar refractivity (Wildman–Crippen MR) is 113 cm³/mol. The van der Waals surface area contributed by atoms with Gasteiger partial charge >= 0.3 is 0 Å². The Kier molecular flexibility index (Phi) is 4.98. The van der Waals surface area contributed by atoms with E-state index < -0.39 is 4.92 Å². The molecule has 144 valence electrons. The van der Waals surface area contributed by atoms with Crippen molar-refractivity contribution in [1.29, 1.82) is 0 Å². The van der Waals surface area contributed by atoms with Crippen molar-refractivity contribution < 1.29 is 4.92 Å². The van der Waals surface area contributed by atoms with E-state index in [0.717, 1.165) is 16.7 Å². The molecule has 0 bridgehead atoms. The van der Waals surface area contributed by atoms with Gasteiger partial charge in [-0.2, -0.15) is 4.68 Å².